The summed E-state index contributed by atoms with van der Waals surface area (Å²) in [6.45, 7) is 2.98. The molecular weight excluding hydrogens is 512 g/mol. The number of carbonyl (C=O) groups excluding carboxylic acids is 2. The molecule has 1 aliphatic heterocycles. The molecule has 3 aromatic rings. The van der Waals surface area contributed by atoms with Crippen LogP contribution in [-0.2, 0) is 27.4 Å². The summed E-state index contributed by atoms with van der Waals surface area (Å²) in [5, 5.41) is 10.5. The molecule has 1 saturated heterocycles. The number of carbonyl (C=O) groups is 2. The van der Waals surface area contributed by atoms with Gasteiger partial charge in [-0.1, -0.05) is 48.5 Å². The number of methoxy groups -OCH3 is 2. The quantitative estimate of drug-likeness (QED) is 0.364. The van der Waals surface area contributed by atoms with Gasteiger partial charge >= 0.3 is 11.9 Å². The van der Waals surface area contributed by atoms with Crippen LogP contribution in [0.3, 0.4) is 0 Å². The maximum absolute atomic E-state index is 14.1. The van der Waals surface area contributed by atoms with E-state index in [9.17, 15) is 19.5 Å². The molecule has 0 spiro atoms. The van der Waals surface area contributed by atoms with E-state index in [4.69, 9.17) is 14.2 Å². The Labute approximate surface area is 233 Å². The molecule has 2 aromatic carbocycles. The first-order valence-corrected chi connectivity index (χ1v) is 13.4. The third kappa shape index (κ3) is 6.43. The smallest absolute Gasteiger partial charge is 0.354 e. The lowest BCUT2D eigenvalue weighted by atomic mass is 9.83. The average molecular weight is 549 g/mol. The Hall–Kier alpha value is -3.95. The number of aliphatic hydroxyl groups excluding tert-OH is 1. The van der Waals surface area contributed by atoms with E-state index in [1.54, 1.807) is 38.3 Å². The summed E-state index contributed by atoms with van der Waals surface area (Å²) in [5.74, 6) is -1.04. The van der Waals surface area contributed by atoms with E-state index in [1.807, 2.05) is 42.5 Å². The maximum Gasteiger partial charge on any atom is 0.354 e. The first-order chi connectivity index (χ1) is 19.4. The van der Waals surface area contributed by atoms with Crippen molar-refractivity contribution in [1.29, 1.82) is 0 Å². The van der Waals surface area contributed by atoms with E-state index in [2.05, 4.69) is 4.90 Å². The van der Waals surface area contributed by atoms with Crippen molar-refractivity contribution in [2.45, 2.75) is 38.4 Å². The highest BCUT2D eigenvalue weighted by Crippen LogP contribution is 2.39. The fourth-order valence-corrected chi connectivity index (χ4v) is 5.56. The lowest BCUT2D eigenvalue weighted by Crippen LogP contribution is -2.36. The lowest BCUT2D eigenvalue weighted by Gasteiger charge is -2.26. The van der Waals surface area contributed by atoms with Crippen LogP contribution in [0, 0.1) is 5.92 Å². The van der Waals surface area contributed by atoms with E-state index >= 15 is 0 Å². The van der Waals surface area contributed by atoms with Crippen LogP contribution in [-0.4, -0.2) is 66.5 Å². The minimum absolute atomic E-state index is 0.0612. The third-order valence-electron chi connectivity index (χ3n) is 7.53. The summed E-state index contributed by atoms with van der Waals surface area (Å²) < 4.78 is 16.9. The maximum atomic E-state index is 14.1. The summed E-state index contributed by atoms with van der Waals surface area (Å²) in [4.78, 5) is 41.5. The van der Waals surface area contributed by atoms with Crippen molar-refractivity contribution in [3.63, 3.8) is 0 Å². The Morgan fingerprint density at radius 3 is 2.27 bits per heavy atom. The SMILES string of the molecule is CCOC(=O)C[C@H]1[C@@H](c2ccc(C(=O)OC)n(Cc3ccc(OC)cc3)c2=O)CN(Cc2ccccc2)[C@@H]1CO. The van der Waals surface area contributed by atoms with E-state index in [1.165, 1.54) is 11.7 Å². The van der Waals surface area contributed by atoms with Gasteiger partial charge in [-0.25, -0.2) is 4.79 Å². The summed E-state index contributed by atoms with van der Waals surface area (Å²) in [6.07, 6.45) is 0.0612. The highest BCUT2D eigenvalue weighted by Gasteiger charge is 2.44. The third-order valence-corrected chi connectivity index (χ3v) is 7.53. The fourth-order valence-electron chi connectivity index (χ4n) is 5.56. The van der Waals surface area contributed by atoms with Gasteiger partial charge in [0.05, 0.1) is 40.4 Å². The summed E-state index contributed by atoms with van der Waals surface area (Å²) in [6, 6.07) is 20.0. The topological polar surface area (TPSA) is 107 Å². The van der Waals surface area contributed by atoms with Gasteiger partial charge in [0.25, 0.3) is 5.56 Å². The number of aromatic nitrogens is 1. The first-order valence-electron chi connectivity index (χ1n) is 13.4. The summed E-state index contributed by atoms with van der Waals surface area (Å²) in [5.41, 5.74) is 2.14. The zero-order valence-electron chi connectivity index (χ0n) is 23.1. The Morgan fingerprint density at radius 1 is 0.950 bits per heavy atom. The number of rotatable bonds is 11. The van der Waals surface area contributed by atoms with Crippen LogP contribution in [0.15, 0.2) is 71.5 Å². The molecule has 2 heterocycles. The van der Waals surface area contributed by atoms with E-state index < -0.39 is 5.97 Å². The number of hydrogen-bond acceptors (Lipinski definition) is 8. The predicted molar refractivity (Wildman–Crippen MR) is 149 cm³/mol. The van der Waals surface area contributed by atoms with Gasteiger partial charge in [0.1, 0.15) is 11.4 Å². The lowest BCUT2D eigenvalue weighted by molar-refractivity contribution is -0.144. The Morgan fingerprint density at radius 2 is 1.65 bits per heavy atom. The van der Waals surface area contributed by atoms with Gasteiger partial charge in [0.2, 0.25) is 0 Å². The molecule has 0 saturated carbocycles. The molecule has 0 bridgehead atoms. The molecule has 0 radical (unpaired) electrons. The number of nitrogens with zero attached hydrogens (tertiary/aromatic N) is 2. The molecule has 1 aliphatic rings. The van der Waals surface area contributed by atoms with Gasteiger partial charge in [-0.05, 0) is 42.2 Å². The van der Waals surface area contributed by atoms with Crippen LogP contribution < -0.4 is 10.3 Å². The second-order valence-electron chi connectivity index (χ2n) is 9.85. The largest absolute Gasteiger partial charge is 0.497 e. The zero-order chi connectivity index (χ0) is 28.6. The highest BCUT2D eigenvalue weighted by molar-refractivity contribution is 5.87. The molecule has 9 nitrogen and oxygen atoms in total. The van der Waals surface area contributed by atoms with E-state index in [0.29, 0.717) is 24.4 Å². The van der Waals surface area contributed by atoms with E-state index in [0.717, 1.165) is 11.1 Å². The van der Waals surface area contributed by atoms with Crippen LogP contribution in [0.2, 0.25) is 0 Å². The number of likely N-dealkylation sites (tertiary alicyclic amines) is 1. The number of ether oxygens (including phenoxy) is 3. The molecular formula is C31H36N2O7. The monoisotopic (exact) mass is 548 g/mol. The number of benzene rings is 2. The van der Waals surface area contributed by atoms with Crippen LogP contribution in [0.25, 0.3) is 0 Å². The van der Waals surface area contributed by atoms with Crippen LogP contribution in [0.4, 0.5) is 0 Å². The molecule has 9 heteroatoms. The van der Waals surface area contributed by atoms with Gasteiger partial charge in [-0.3, -0.25) is 19.1 Å². The van der Waals surface area contributed by atoms with Gasteiger partial charge in [0, 0.05) is 30.6 Å². The van der Waals surface area contributed by atoms with E-state index in [-0.39, 0.29) is 61.3 Å². The number of hydrogen-bond donors (Lipinski definition) is 1. The molecule has 1 fully saturated rings. The van der Waals surface area contributed by atoms with Crippen LogP contribution >= 0.6 is 0 Å². The zero-order valence-corrected chi connectivity index (χ0v) is 23.1. The number of pyridine rings is 1. The van der Waals surface area contributed by atoms with Crippen molar-refractivity contribution < 1.29 is 28.9 Å². The molecule has 1 aromatic heterocycles. The van der Waals surface area contributed by atoms with Gasteiger partial charge in [-0.15, -0.1) is 0 Å². The van der Waals surface area contributed by atoms with Gasteiger partial charge in [-0.2, -0.15) is 0 Å². The minimum Gasteiger partial charge on any atom is -0.497 e. The Kier molecular flexibility index (Phi) is 9.74. The molecule has 0 amide bonds. The van der Waals surface area contributed by atoms with Crippen molar-refractivity contribution in [3.05, 3.63) is 99.5 Å². The second kappa shape index (κ2) is 13.4. The normalized spacial score (nSPS) is 18.9. The standard InChI is InChI=1S/C31H36N2O7/c1-4-40-29(35)16-25-26(19-32(28(25)20-34)17-21-8-6-5-7-9-21)24-14-15-27(31(37)39-3)33(30(24)36)18-22-10-12-23(38-2)13-11-22/h5-15,25-26,28,34H,4,16-20H2,1-3H3/t25-,26+,28+/m0/s1. The Bertz CT molecular complexity index is 1350. The Balaban J connectivity index is 1.76. The van der Waals surface area contributed by atoms with Crippen molar-refractivity contribution in [3.8, 4) is 5.75 Å². The fraction of sp³-hybridized carbons (Fsp3) is 0.387. The number of esters is 2. The van der Waals surface area contributed by atoms with Crippen molar-refractivity contribution >= 4 is 11.9 Å². The predicted octanol–water partition coefficient (Wildman–Crippen LogP) is 3.22. The molecule has 0 aliphatic carbocycles. The highest BCUT2D eigenvalue weighted by atomic mass is 16.5. The molecule has 212 valence electrons. The molecule has 0 unspecified atom stereocenters. The first kappa shape index (κ1) is 29.0. The second-order valence-corrected chi connectivity index (χ2v) is 9.85. The molecule has 3 atom stereocenters. The van der Waals surface area contributed by atoms with Gasteiger partial charge < -0.3 is 19.3 Å². The summed E-state index contributed by atoms with van der Waals surface area (Å²) >= 11 is 0. The molecule has 1 N–H and O–H groups in total. The minimum atomic E-state index is -0.620. The van der Waals surface area contributed by atoms with Crippen LogP contribution in [0.1, 0.15) is 46.4 Å². The molecule has 4 rings (SSSR count). The van der Waals surface area contributed by atoms with Crippen molar-refractivity contribution in [2.75, 3.05) is 34.0 Å². The molecule has 40 heavy (non-hydrogen) atoms. The van der Waals surface area contributed by atoms with Crippen molar-refractivity contribution in [2.24, 2.45) is 5.92 Å². The van der Waals surface area contributed by atoms with Crippen LogP contribution in [0.5, 0.6) is 5.75 Å². The van der Waals surface area contributed by atoms with Crippen molar-refractivity contribution in [1.82, 2.24) is 9.47 Å². The summed E-state index contributed by atoms with van der Waals surface area (Å²) in [7, 11) is 2.85. The number of aliphatic hydroxyl groups is 1. The van der Waals surface area contributed by atoms with Gasteiger partial charge in [0.15, 0.2) is 0 Å². The average Bonchev–Trinajstić information content (AvgIpc) is 3.30.